The molecule has 0 atom stereocenters. The Bertz CT molecular complexity index is 602. The molecule has 0 aliphatic carbocycles. The van der Waals surface area contributed by atoms with E-state index in [2.05, 4.69) is 12.1 Å². The highest BCUT2D eigenvalue weighted by atomic mass is 32.2. The van der Waals surface area contributed by atoms with Gasteiger partial charge in [0.2, 0.25) is 0 Å². The van der Waals surface area contributed by atoms with Crippen LogP contribution in [0.4, 0.5) is 0 Å². The third-order valence-electron chi connectivity index (χ3n) is 2.79. The summed E-state index contributed by atoms with van der Waals surface area (Å²) in [5, 5.41) is 7.49. The van der Waals surface area contributed by atoms with Crippen molar-refractivity contribution in [2.45, 2.75) is 4.90 Å². The molecule has 0 aromatic heterocycles. The van der Waals surface area contributed by atoms with Crippen LogP contribution < -0.4 is 15.2 Å². The maximum Gasteiger partial charge on any atom is 0.123 e. The predicted molar refractivity (Wildman–Crippen MR) is 86.7 cm³/mol. The Morgan fingerprint density at radius 1 is 1.14 bits per heavy atom. The summed E-state index contributed by atoms with van der Waals surface area (Å²) in [5.41, 5.74) is 6.10. The summed E-state index contributed by atoms with van der Waals surface area (Å²) in [7, 11) is 1.58. The molecule has 5 heteroatoms. The molecule has 0 radical (unpaired) electrons. The number of thioether (sulfide) groups is 1. The highest BCUT2D eigenvalue weighted by molar-refractivity contribution is 7.99. The summed E-state index contributed by atoms with van der Waals surface area (Å²) in [5.74, 6) is 2.13. The lowest BCUT2D eigenvalue weighted by Crippen LogP contribution is -2.11. The average molecular weight is 302 g/mol. The van der Waals surface area contributed by atoms with Crippen LogP contribution in [0.5, 0.6) is 11.5 Å². The summed E-state index contributed by atoms with van der Waals surface area (Å²) in [4.78, 5) is 1.22. The lowest BCUT2D eigenvalue weighted by atomic mass is 10.2. The van der Waals surface area contributed by atoms with E-state index in [0.29, 0.717) is 23.7 Å². The SMILES string of the molecule is COc1cc(OCCSc2ccccc2)cc(C(=N)N)c1. The zero-order valence-electron chi connectivity index (χ0n) is 11.8. The molecule has 4 nitrogen and oxygen atoms in total. The van der Waals surface area contributed by atoms with Crippen molar-refractivity contribution in [1.82, 2.24) is 0 Å². The van der Waals surface area contributed by atoms with E-state index < -0.39 is 0 Å². The van der Waals surface area contributed by atoms with Gasteiger partial charge in [-0.05, 0) is 24.3 Å². The molecule has 0 unspecified atom stereocenters. The smallest absolute Gasteiger partial charge is 0.123 e. The van der Waals surface area contributed by atoms with Crippen LogP contribution in [0.3, 0.4) is 0 Å². The number of benzene rings is 2. The van der Waals surface area contributed by atoms with Gasteiger partial charge in [-0.2, -0.15) is 0 Å². The van der Waals surface area contributed by atoms with Crippen molar-refractivity contribution < 1.29 is 9.47 Å². The van der Waals surface area contributed by atoms with Gasteiger partial charge >= 0.3 is 0 Å². The molecule has 0 saturated heterocycles. The van der Waals surface area contributed by atoms with Gasteiger partial charge in [0, 0.05) is 22.3 Å². The van der Waals surface area contributed by atoms with E-state index in [4.69, 9.17) is 20.6 Å². The molecule has 110 valence electrons. The van der Waals surface area contributed by atoms with E-state index >= 15 is 0 Å². The molecule has 0 bridgehead atoms. The monoisotopic (exact) mass is 302 g/mol. The molecule has 0 saturated carbocycles. The first kappa shape index (κ1) is 15.3. The highest BCUT2D eigenvalue weighted by Gasteiger charge is 2.05. The van der Waals surface area contributed by atoms with Crippen LogP contribution in [-0.2, 0) is 0 Å². The molecule has 3 N–H and O–H groups in total. The number of amidine groups is 1. The van der Waals surface area contributed by atoms with Crippen LogP contribution in [0, 0.1) is 5.41 Å². The van der Waals surface area contributed by atoms with E-state index in [9.17, 15) is 0 Å². The Labute approximate surface area is 128 Å². The van der Waals surface area contributed by atoms with Crippen molar-refractivity contribution in [3.8, 4) is 11.5 Å². The normalized spacial score (nSPS) is 10.1. The predicted octanol–water partition coefficient (Wildman–Crippen LogP) is 3.15. The average Bonchev–Trinajstić information content (AvgIpc) is 2.52. The van der Waals surface area contributed by atoms with Crippen molar-refractivity contribution >= 4 is 17.6 Å². The Kier molecular flexibility index (Phi) is 5.51. The third kappa shape index (κ3) is 4.72. The maximum absolute atomic E-state index is 7.49. The van der Waals surface area contributed by atoms with Gasteiger partial charge in [-0.3, -0.25) is 5.41 Å². The van der Waals surface area contributed by atoms with Crippen LogP contribution in [-0.4, -0.2) is 25.3 Å². The van der Waals surface area contributed by atoms with Gasteiger partial charge in [0.15, 0.2) is 0 Å². The minimum atomic E-state index is -0.00240. The molecule has 2 aromatic carbocycles. The van der Waals surface area contributed by atoms with Gasteiger partial charge in [0.1, 0.15) is 17.3 Å². The summed E-state index contributed by atoms with van der Waals surface area (Å²) < 4.78 is 10.9. The fourth-order valence-corrected chi connectivity index (χ4v) is 2.52. The number of nitrogens with one attached hydrogen (secondary N) is 1. The lowest BCUT2D eigenvalue weighted by Gasteiger charge is -2.10. The molecule has 0 heterocycles. The Morgan fingerprint density at radius 2 is 1.86 bits per heavy atom. The quantitative estimate of drug-likeness (QED) is 0.357. The number of methoxy groups -OCH3 is 1. The maximum atomic E-state index is 7.49. The van der Waals surface area contributed by atoms with E-state index in [0.717, 1.165) is 5.75 Å². The van der Waals surface area contributed by atoms with Crippen molar-refractivity contribution in [2.24, 2.45) is 5.73 Å². The molecular weight excluding hydrogens is 284 g/mol. The summed E-state index contributed by atoms with van der Waals surface area (Å²) in [6.45, 7) is 0.573. The number of hydrogen-bond donors (Lipinski definition) is 2. The van der Waals surface area contributed by atoms with Crippen molar-refractivity contribution in [2.75, 3.05) is 19.5 Å². The van der Waals surface area contributed by atoms with E-state index in [1.807, 2.05) is 18.2 Å². The molecular formula is C16H18N2O2S. The summed E-state index contributed by atoms with van der Waals surface area (Å²) >= 11 is 1.74. The first-order chi connectivity index (χ1) is 10.2. The topological polar surface area (TPSA) is 68.3 Å². The third-order valence-corrected chi connectivity index (χ3v) is 3.77. The zero-order chi connectivity index (χ0) is 15.1. The van der Waals surface area contributed by atoms with Crippen LogP contribution in [0.2, 0.25) is 0 Å². The van der Waals surface area contributed by atoms with Gasteiger partial charge in [0.05, 0.1) is 13.7 Å². The second-order valence-electron chi connectivity index (χ2n) is 4.32. The van der Waals surface area contributed by atoms with Crippen molar-refractivity contribution in [1.29, 1.82) is 5.41 Å². The zero-order valence-corrected chi connectivity index (χ0v) is 12.7. The van der Waals surface area contributed by atoms with Gasteiger partial charge in [-0.25, -0.2) is 0 Å². The number of hydrogen-bond acceptors (Lipinski definition) is 4. The summed E-state index contributed by atoms with van der Waals surface area (Å²) in [6, 6.07) is 15.4. The largest absolute Gasteiger partial charge is 0.497 e. The van der Waals surface area contributed by atoms with Crippen LogP contribution in [0.15, 0.2) is 53.4 Å². The Morgan fingerprint density at radius 3 is 2.52 bits per heavy atom. The fraction of sp³-hybridized carbons (Fsp3) is 0.188. The van der Waals surface area contributed by atoms with E-state index in [1.165, 1.54) is 4.90 Å². The highest BCUT2D eigenvalue weighted by Crippen LogP contribution is 2.23. The summed E-state index contributed by atoms with van der Waals surface area (Å²) in [6.07, 6.45) is 0. The molecule has 21 heavy (non-hydrogen) atoms. The van der Waals surface area contributed by atoms with Gasteiger partial charge in [-0.15, -0.1) is 11.8 Å². The molecule has 0 fully saturated rings. The molecule has 2 aromatic rings. The second kappa shape index (κ2) is 7.59. The van der Waals surface area contributed by atoms with Crippen molar-refractivity contribution in [3.63, 3.8) is 0 Å². The van der Waals surface area contributed by atoms with E-state index in [-0.39, 0.29) is 5.84 Å². The number of ether oxygens (including phenoxy) is 2. The Balaban J connectivity index is 1.90. The van der Waals surface area contributed by atoms with Gasteiger partial charge in [0.25, 0.3) is 0 Å². The van der Waals surface area contributed by atoms with Crippen molar-refractivity contribution in [3.05, 3.63) is 54.1 Å². The lowest BCUT2D eigenvalue weighted by molar-refractivity contribution is 0.339. The first-order valence-corrected chi connectivity index (χ1v) is 7.51. The first-order valence-electron chi connectivity index (χ1n) is 6.53. The standard InChI is InChI=1S/C16H18N2O2S/c1-19-13-9-12(16(17)18)10-14(11-13)20-7-8-21-15-5-3-2-4-6-15/h2-6,9-11H,7-8H2,1H3,(H3,17,18). The fourth-order valence-electron chi connectivity index (χ4n) is 1.76. The minimum absolute atomic E-state index is 0.00240. The molecule has 2 rings (SSSR count). The van der Waals surface area contributed by atoms with Crippen LogP contribution in [0.25, 0.3) is 0 Å². The molecule has 0 amide bonds. The number of nitrogen functional groups attached to an aromatic ring is 1. The number of nitrogens with two attached hydrogens (primary N) is 1. The Hall–Kier alpha value is -2.14. The van der Waals surface area contributed by atoms with Crippen LogP contribution in [0.1, 0.15) is 5.56 Å². The molecule has 0 aliphatic rings. The molecule has 0 spiro atoms. The second-order valence-corrected chi connectivity index (χ2v) is 5.49. The van der Waals surface area contributed by atoms with Crippen LogP contribution >= 0.6 is 11.8 Å². The van der Waals surface area contributed by atoms with Gasteiger partial charge in [-0.1, -0.05) is 18.2 Å². The molecule has 0 aliphatic heterocycles. The van der Waals surface area contributed by atoms with E-state index in [1.54, 1.807) is 37.1 Å². The minimum Gasteiger partial charge on any atom is -0.497 e. The number of rotatable bonds is 7. The van der Waals surface area contributed by atoms with Gasteiger partial charge < -0.3 is 15.2 Å².